The molecule has 1 saturated heterocycles. The van der Waals surface area contributed by atoms with Gasteiger partial charge in [0, 0.05) is 33.4 Å². The number of imide groups is 1. The minimum absolute atomic E-state index is 0.0659. The summed E-state index contributed by atoms with van der Waals surface area (Å²) in [6, 6.07) is -0.152. The molecule has 1 N–H and O–H groups in total. The number of aliphatic hydroxyl groups excluding tert-OH is 1. The van der Waals surface area contributed by atoms with Crippen LogP contribution < -0.4 is 0 Å². The Bertz CT molecular complexity index is 587. The monoisotopic (exact) mass is 496 g/mol. The fourth-order valence-corrected chi connectivity index (χ4v) is 5.70. The largest absolute Gasteiger partial charge is 0.396 e. The van der Waals surface area contributed by atoms with E-state index in [1.807, 2.05) is 0 Å². The molecule has 6 nitrogen and oxygen atoms in total. The molecule has 0 atom stereocenters. The lowest BCUT2D eigenvalue weighted by atomic mass is 9.74. The Morgan fingerprint density at radius 2 is 1.23 bits per heavy atom. The van der Waals surface area contributed by atoms with Crippen molar-refractivity contribution in [3.8, 4) is 0 Å². The van der Waals surface area contributed by atoms with Crippen LogP contribution in [0.4, 0.5) is 4.79 Å². The van der Waals surface area contributed by atoms with E-state index in [2.05, 4.69) is 27.7 Å². The average Bonchev–Trinajstić information content (AvgIpc) is 3.12. The molecule has 0 spiro atoms. The fourth-order valence-electron chi connectivity index (χ4n) is 5.70. The Hall–Kier alpha value is -1.14. The van der Waals surface area contributed by atoms with Gasteiger partial charge in [-0.3, -0.25) is 9.69 Å². The summed E-state index contributed by atoms with van der Waals surface area (Å²) in [4.78, 5) is 27.2. The average molecular weight is 497 g/mol. The van der Waals surface area contributed by atoms with Crippen LogP contribution in [0.5, 0.6) is 0 Å². The predicted octanol–water partition coefficient (Wildman–Crippen LogP) is 6.79. The van der Waals surface area contributed by atoms with Gasteiger partial charge >= 0.3 is 6.03 Å². The number of nitrogens with zero attached hydrogens (tertiary/aromatic N) is 2. The summed E-state index contributed by atoms with van der Waals surface area (Å²) in [6.45, 7) is 11.9. The maximum atomic E-state index is 12.2. The number of aliphatic hydroxyl groups is 1. The molecule has 0 saturated carbocycles. The van der Waals surface area contributed by atoms with Crippen LogP contribution in [0.25, 0.3) is 0 Å². The van der Waals surface area contributed by atoms with E-state index in [1.54, 1.807) is 7.05 Å². The molecule has 0 aromatic heterocycles. The number of carbonyl (C=O) groups excluding carboxylic acids is 2. The highest BCUT2D eigenvalue weighted by Crippen LogP contribution is 2.38. The molecule has 206 valence electrons. The zero-order chi connectivity index (χ0) is 26.2. The molecule has 1 fully saturated rings. The highest BCUT2D eigenvalue weighted by Gasteiger charge is 2.35. The van der Waals surface area contributed by atoms with E-state index in [0.29, 0.717) is 18.6 Å². The first-order valence-corrected chi connectivity index (χ1v) is 14.6. The Morgan fingerprint density at radius 3 is 1.66 bits per heavy atom. The second kappa shape index (κ2) is 17.3. The first kappa shape index (κ1) is 31.9. The molecule has 1 heterocycles. The maximum Gasteiger partial charge on any atom is 0.326 e. The molecule has 3 amide bonds. The van der Waals surface area contributed by atoms with Gasteiger partial charge in [0.05, 0.1) is 0 Å². The third-order valence-electron chi connectivity index (χ3n) is 8.95. The van der Waals surface area contributed by atoms with Crippen LogP contribution in [-0.2, 0) is 9.53 Å². The van der Waals surface area contributed by atoms with Gasteiger partial charge in [-0.25, -0.2) is 4.79 Å². The Morgan fingerprint density at radius 1 is 0.743 bits per heavy atom. The number of urea groups is 1. The quantitative estimate of drug-likeness (QED) is 0.132. The van der Waals surface area contributed by atoms with Gasteiger partial charge in [0.25, 0.3) is 0 Å². The second-order valence-corrected chi connectivity index (χ2v) is 10.9. The van der Waals surface area contributed by atoms with Crippen molar-refractivity contribution in [2.75, 3.05) is 40.0 Å². The van der Waals surface area contributed by atoms with E-state index >= 15 is 0 Å². The molecule has 0 unspecified atom stereocenters. The molecule has 1 aliphatic heterocycles. The Labute approximate surface area is 216 Å². The number of ether oxygens (including phenoxy) is 1. The van der Waals surface area contributed by atoms with Crippen LogP contribution in [0.15, 0.2) is 0 Å². The zero-order valence-electron chi connectivity index (χ0n) is 23.7. The third kappa shape index (κ3) is 10.8. The van der Waals surface area contributed by atoms with Crippen LogP contribution in [0, 0.1) is 10.8 Å². The summed E-state index contributed by atoms with van der Waals surface area (Å²) in [5.74, 6) is -0.0659. The molecular weight excluding hydrogens is 440 g/mol. The summed E-state index contributed by atoms with van der Waals surface area (Å²) in [7, 11) is 1.69. The van der Waals surface area contributed by atoms with Crippen molar-refractivity contribution in [1.29, 1.82) is 0 Å². The Balaban J connectivity index is 2.24. The number of carbonyl (C=O) groups is 2. The summed E-state index contributed by atoms with van der Waals surface area (Å²) in [5.41, 5.74) is 0.668. The van der Waals surface area contributed by atoms with E-state index in [0.717, 1.165) is 71.0 Å². The second-order valence-electron chi connectivity index (χ2n) is 10.9. The molecule has 0 aliphatic carbocycles. The van der Waals surface area contributed by atoms with Crippen molar-refractivity contribution >= 4 is 11.9 Å². The van der Waals surface area contributed by atoms with Gasteiger partial charge in [-0.05, 0) is 55.8 Å². The molecule has 1 aliphatic rings. The summed E-state index contributed by atoms with van der Waals surface area (Å²) in [6.07, 6.45) is 17.1. The van der Waals surface area contributed by atoms with Crippen LogP contribution in [0.1, 0.15) is 124 Å². The number of likely N-dealkylation sites (N-methyl/N-ethyl adjacent to an activating group) is 1. The predicted molar refractivity (Wildman–Crippen MR) is 144 cm³/mol. The van der Waals surface area contributed by atoms with Crippen LogP contribution in [0.3, 0.4) is 0 Å². The van der Waals surface area contributed by atoms with E-state index in [9.17, 15) is 9.59 Å². The lowest BCUT2D eigenvalue weighted by Gasteiger charge is -2.33. The topological polar surface area (TPSA) is 70.1 Å². The van der Waals surface area contributed by atoms with Crippen molar-refractivity contribution in [3.05, 3.63) is 0 Å². The van der Waals surface area contributed by atoms with Gasteiger partial charge in [0.15, 0.2) is 0 Å². The molecule has 1 rings (SSSR count). The standard InChI is InChI=1S/C29H56N2O4/c1-6-28(7-2,17-11-10-14-22-32)18-12-15-23-35-24-16-13-19-29(8-3,9-4)20-21-31-26(33)25-30(5)27(31)34/h32H,6-25H2,1-5H3. The van der Waals surface area contributed by atoms with Crippen molar-refractivity contribution in [2.24, 2.45) is 10.8 Å². The first-order valence-electron chi connectivity index (χ1n) is 14.6. The summed E-state index contributed by atoms with van der Waals surface area (Å²) < 4.78 is 5.96. The van der Waals surface area contributed by atoms with Crippen molar-refractivity contribution < 1.29 is 19.4 Å². The number of rotatable bonds is 22. The number of hydrogen-bond acceptors (Lipinski definition) is 4. The Kier molecular flexibility index (Phi) is 15.8. The highest BCUT2D eigenvalue weighted by molar-refractivity contribution is 6.01. The minimum atomic E-state index is -0.152. The summed E-state index contributed by atoms with van der Waals surface area (Å²) in [5, 5.41) is 9.00. The number of unbranched alkanes of at least 4 members (excludes halogenated alkanes) is 4. The van der Waals surface area contributed by atoms with Gasteiger partial charge in [-0.15, -0.1) is 0 Å². The normalized spacial score (nSPS) is 15.0. The molecule has 0 aromatic carbocycles. The molecular formula is C29H56N2O4. The maximum absolute atomic E-state index is 12.2. The van der Waals surface area contributed by atoms with Gasteiger partial charge in [0.2, 0.25) is 5.91 Å². The first-order chi connectivity index (χ1) is 16.8. The van der Waals surface area contributed by atoms with Gasteiger partial charge in [-0.2, -0.15) is 0 Å². The SMILES string of the molecule is CCC(CC)(CCCCCO)CCCCOCCCCC(CC)(CC)CCN1C(=O)CN(C)C1=O. The van der Waals surface area contributed by atoms with Crippen LogP contribution in [0.2, 0.25) is 0 Å². The third-order valence-corrected chi connectivity index (χ3v) is 8.95. The smallest absolute Gasteiger partial charge is 0.326 e. The molecule has 0 bridgehead atoms. The van der Waals surface area contributed by atoms with Gasteiger partial charge in [-0.1, -0.05) is 79.1 Å². The molecule has 6 heteroatoms. The fraction of sp³-hybridized carbons (Fsp3) is 0.931. The molecule has 0 radical (unpaired) electrons. The van der Waals surface area contributed by atoms with E-state index in [-0.39, 0.29) is 23.9 Å². The van der Waals surface area contributed by atoms with Crippen LogP contribution in [-0.4, -0.2) is 66.8 Å². The van der Waals surface area contributed by atoms with Crippen LogP contribution >= 0.6 is 0 Å². The summed E-state index contributed by atoms with van der Waals surface area (Å²) >= 11 is 0. The van der Waals surface area contributed by atoms with Crippen molar-refractivity contribution in [1.82, 2.24) is 9.80 Å². The lowest BCUT2D eigenvalue weighted by molar-refractivity contribution is -0.125. The molecule has 0 aromatic rings. The van der Waals surface area contributed by atoms with Gasteiger partial charge < -0.3 is 14.7 Å². The zero-order valence-corrected chi connectivity index (χ0v) is 23.7. The van der Waals surface area contributed by atoms with E-state index in [1.165, 1.54) is 48.3 Å². The number of amides is 3. The van der Waals surface area contributed by atoms with Crippen molar-refractivity contribution in [3.63, 3.8) is 0 Å². The number of hydrogen-bond donors (Lipinski definition) is 1. The van der Waals surface area contributed by atoms with Gasteiger partial charge in [0.1, 0.15) is 6.54 Å². The lowest BCUT2D eigenvalue weighted by Crippen LogP contribution is -2.35. The highest BCUT2D eigenvalue weighted by atomic mass is 16.5. The van der Waals surface area contributed by atoms with E-state index < -0.39 is 0 Å². The minimum Gasteiger partial charge on any atom is -0.396 e. The van der Waals surface area contributed by atoms with Crippen molar-refractivity contribution in [2.45, 2.75) is 124 Å². The molecule has 35 heavy (non-hydrogen) atoms. The van der Waals surface area contributed by atoms with E-state index in [4.69, 9.17) is 9.84 Å².